The lowest BCUT2D eigenvalue weighted by Gasteiger charge is -2.06. The fourth-order valence-corrected chi connectivity index (χ4v) is 1.25. The van der Waals surface area contributed by atoms with Crippen molar-refractivity contribution in [1.29, 1.82) is 0 Å². The molecule has 0 aliphatic carbocycles. The molecule has 90 valence electrons. The van der Waals surface area contributed by atoms with Crippen LogP contribution < -0.4 is 5.32 Å². The van der Waals surface area contributed by atoms with Gasteiger partial charge in [0.15, 0.2) is 11.6 Å². The fraction of sp³-hybridized carbons (Fsp3) is 0.200. The zero-order valence-corrected chi connectivity index (χ0v) is 8.80. The summed E-state index contributed by atoms with van der Waals surface area (Å²) in [5.74, 6) is -3.23. The molecule has 0 spiro atoms. The normalized spacial score (nSPS) is 10.6. The summed E-state index contributed by atoms with van der Waals surface area (Å²) in [5, 5.41) is 9.67. The van der Waals surface area contributed by atoms with E-state index in [1.807, 2.05) is 0 Å². The van der Waals surface area contributed by atoms with Crippen molar-refractivity contribution in [2.75, 3.05) is 5.32 Å². The summed E-state index contributed by atoms with van der Waals surface area (Å²) in [4.78, 5) is 0. The second-order valence-electron chi connectivity index (χ2n) is 3.40. The second-order valence-corrected chi connectivity index (χ2v) is 3.40. The summed E-state index contributed by atoms with van der Waals surface area (Å²) in [6.07, 6.45) is 0. The molecule has 0 bridgehead atoms. The highest BCUT2D eigenvalue weighted by atomic mass is 19.2. The predicted octanol–water partition coefficient (Wildman–Crippen LogP) is 2.41. The van der Waals surface area contributed by atoms with E-state index >= 15 is 0 Å². The van der Waals surface area contributed by atoms with E-state index in [1.54, 1.807) is 6.92 Å². The van der Waals surface area contributed by atoms with Crippen molar-refractivity contribution >= 4 is 5.69 Å². The number of aryl methyl sites for hydroxylation is 1. The SMILES string of the molecule is Cc1nonc1CNc1cc(F)c(F)cc1F. The van der Waals surface area contributed by atoms with Crippen LogP contribution in [0.5, 0.6) is 0 Å². The largest absolute Gasteiger partial charge is 0.377 e. The molecule has 0 saturated carbocycles. The van der Waals surface area contributed by atoms with Crippen molar-refractivity contribution in [2.24, 2.45) is 0 Å². The van der Waals surface area contributed by atoms with Crippen molar-refractivity contribution < 1.29 is 17.8 Å². The van der Waals surface area contributed by atoms with Gasteiger partial charge in [-0.3, -0.25) is 0 Å². The van der Waals surface area contributed by atoms with Crippen molar-refractivity contribution in [2.45, 2.75) is 13.5 Å². The molecule has 0 saturated heterocycles. The van der Waals surface area contributed by atoms with Crippen LogP contribution >= 0.6 is 0 Å². The summed E-state index contributed by atoms with van der Waals surface area (Å²) < 4.78 is 43.2. The van der Waals surface area contributed by atoms with Gasteiger partial charge >= 0.3 is 0 Å². The van der Waals surface area contributed by atoms with Crippen molar-refractivity contribution in [3.05, 3.63) is 41.0 Å². The molecule has 0 unspecified atom stereocenters. The van der Waals surface area contributed by atoms with E-state index < -0.39 is 17.5 Å². The highest BCUT2D eigenvalue weighted by Gasteiger charge is 2.11. The molecule has 0 fully saturated rings. The number of hydrogen-bond acceptors (Lipinski definition) is 4. The number of nitrogens with one attached hydrogen (secondary N) is 1. The molecule has 0 radical (unpaired) electrons. The molecule has 1 N–H and O–H groups in total. The van der Waals surface area contributed by atoms with Gasteiger partial charge in [0.2, 0.25) is 0 Å². The molecule has 1 heterocycles. The fourth-order valence-electron chi connectivity index (χ4n) is 1.25. The number of hydrogen-bond donors (Lipinski definition) is 1. The maximum Gasteiger partial charge on any atom is 0.161 e. The maximum atomic E-state index is 13.2. The van der Waals surface area contributed by atoms with Crippen molar-refractivity contribution in [3.63, 3.8) is 0 Å². The minimum absolute atomic E-state index is 0.108. The summed E-state index contributed by atoms with van der Waals surface area (Å²) >= 11 is 0. The summed E-state index contributed by atoms with van der Waals surface area (Å²) in [7, 11) is 0. The molecule has 0 atom stereocenters. The number of nitrogens with zero attached hydrogens (tertiary/aromatic N) is 2. The van der Waals surface area contributed by atoms with E-state index in [0.717, 1.165) is 6.07 Å². The quantitative estimate of drug-likeness (QED) is 0.841. The second kappa shape index (κ2) is 4.44. The van der Waals surface area contributed by atoms with Gasteiger partial charge in [-0.2, -0.15) is 0 Å². The topological polar surface area (TPSA) is 51.0 Å². The molecular formula is C10H8F3N3O. The van der Waals surface area contributed by atoms with E-state index in [0.29, 0.717) is 17.5 Å². The van der Waals surface area contributed by atoms with Gasteiger partial charge in [-0.25, -0.2) is 17.8 Å². The van der Waals surface area contributed by atoms with E-state index in [9.17, 15) is 13.2 Å². The standard InChI is InChI=1S/C10H8F3N3O/c1-5-10(16-17-15-5)4-14-9-3-7(12)6(11)2-8(9)13/h2-3,14H,4H2,1H3. The molecule has 7 heteroatoms. The van der Waals surface area contributed by atoms with Crippen LogP contribution in [0.15, 0.2) is 16.8 Å². The minimum atomic E-state index is -1.23. The van der Waals surface area contributed by atoms with E-state index in [1.165, 1.54) is 0 Å². The molecular weight excluding hydrogens is 235 g/mol. The Morgan fingerprint density at radius 3 is 2.47 bits per heavy atom. The third-order valence-corrected chi connectivity index (χ3v) is 2.20. The highest BCUT2D eigenvalue weighted by Crippen LogP contribution is 2.19. The minimum Gasteiger partial charge on any atom is -0.377 e. The van der Waals surface area contributed by atoms with Crippen LogP contribution in [0, 0.1) is 24.4 Å². The summed E-state index contributed by atoms with van der Waals surface area (Å²) in [6, 6.07) is 1.22. The van der Waals surface area contributed by atoms with Crippen LogP contribution in [-0.4, -0.2) is 10.3 Å². The molecule has 17 heavy (non-hydrogen) atoms. The average molecular weight is 243 g/mol. The van der Waals surface area contributed by atoms with Crippen LogP contribution in [0.2, 0.25) is 0 Å². The van der Waals surface area contributed by atoms with Gasteiger partial charge in [0, 0.05) is 12.1 Å². The molecule has 0 aliphatic heterocycles. The third-order valence-electron chi connectivity index (χ3n) is 2.20. The van der Waals surface area contributed by atoms with E-state index in [-0.39, 0.29) is 12.2 Å². The monoisotopic (exact) mass is 243 g/mol. The first-order valence-electron chi connectivity index (χ1n) is 4.74. The lowest BCUT2D eigenvalue weighted by atomic mass is 10.2. The number of aromatic nitrogens is 2. The van der Waals surface area contributed by atoms with Crippen LogP contribution in [0.3, 0.4) is 0 Å². The Hall–Kier alpha value is -2.05. The predicted molar refractivity (Wildman–Crippen MR) is 52.7 cm³/mol. The van der Waals surface area contributed by atoms with Gasteiger partial charge in [-0.05, 0) is 6.92 Å². The average Bonchev–Trinajstić information content (AvgIpc) is 2.68. The first-order valence-corrected chi connectivity index (χ1v) is 4.74. The van der Waals surface area contributed by atoms with Crippen molar-refractivity contribution in [3.8, 4) is 0 Å². The Bertz CT molecular complexity index is 542. The maximum absolute atomic E-state index is 13.2. The number of rotatable bonds is 3. The summed E-state index contributed by atoms with van der Waals surface area (Å²) in [6.45, 7) is 1.77. The van der Waals surface area contributed by atoms with E-state index in [2.05, 4.69) is 20.3 Å². The molecule has 4 nitrogen and oxygen atoms in total. The van der Waals surface area contributed by atoms with Crippen molar-refractivity contribution in [1.82, 2.24) is 10.3 Å². The van der Waals surface area contributed by atoms with Gasteiger partial charge in [-0.1, -0.05) is 10.3 Å². The van der Waals surface area contributed by atoms with Gasteiger partial charge in [0.25, 0.3) is 0 Å². The zero-order chi connectivity index (χ0) is 12.4. The lowest BCUT2D eigenvalue weighted by molar-refractivity contribution is 0.301. The molecule has 2 aromatic rings. The highest BCUT2D eigenvalue weighted by molar-refractivity contribution is 5.45. The van der Waals surface area contributed by atoms with Crippen LogP contribution in [-0.2, 0) is 6.54 Å². The van der Waals surface area contributed by atoms with Gasteiger partial charge in [-0.15, -0.1) is 0 Å². The Morgan fingerprint density at radius 2 is 1.82 bits per heavy atom. The summed E-state index contributed by atoms with van der Waals surface area (Å²) in [5.41, 5.74) is 0.862. The smallest absolute Gasteiger partial charge is 0.161 e. The first kappa shape index (κ1) is 11.4. The number of benzene rings is 1. The molecule has 0 aliphatic rings. The number of halogens is 3. The lowest BCUT2D eigenvalue weighted by Crippen LogP contribution is -2.04. The third kappa shape index (κ3) is 2.38. The van der Waals surface area contributed by atoms with Crippen LogP contribution in [0.1, 0.15) is 11.4 Å². The van der Waals surface area contributed by atoms with Gasteiger partial charge in [0.05, 0.1) is 12.2 Å². The number of anilines is 1. The Balaban J connectivity index is 2.14. The molecule has 1 aromatic heterocycles. The molecule has 2 rings (SSSR count). The Labute approximate surface area is 94.4 Å². The van der Waals surface area contributed by atoms with Gasteiger partial charge < -0.3 is 5.32 Å². The zero-order valence-electron chi connectivity index (χ0n) is 8.80. The molecule has 0 amide bonds. The first-order chi connectivity index (χ1) is 8.08. The Morgan fingerprint density at radius 1 is 1.12 bits per heavy atom. The van der Waals surface area contributed by atoms with Gasteiger partial charge in [0.1, 0.15) is 17.2 Å². The van der Waals surface area contributed by atoms with E-state index in [4.69, 9.17) is 0 Å². The van der Waals surface area contributed by atoms with Crippen LogP contribution in [0.25, 0.3) is 0 Å². The Kier molecular flexibility index (Phi) is 2.99. The molecule has 1 aromatic carbocycles. The van der Waals surface area contributed by atoms with Crippen LogP contribution in [0.4, 0.5) is 18.9 Å².